The summed E-state index contributed by atoms with van der Waals surface area (Å²) in [5, 5.41) is 3.63. The highest BCUT2D eigenvalue weighted by Gasteiger charge is 2.32. The van der Waals surface area contributed by atoms with E-state index in [1.54, 1.807) is 24.3 Å². The molecule has 0 radical (unpaired) electrons. The van der Waals surface area contributed by atoms with Crippen molar-refractivity contribution in [3.63, 3.8) is 0 Å². The van der Waals surface area contributed by atoms with E-state index in [4.69, 9.17) is 4.42 Å². The molecule has 2 aromatic rings. The molecule has 0 fully saturated rings. The molecular formula is C13H15F2NO. The maximum absolute atomic E-state index is 14.4. The Hall–Kier alpha value is -1.42. The van der Waals surface area contributed by atoms with Crippen molar-refractivity contribution in [2.75, 3.05) is 19.8 Å². The van der Waals surface area contributed by atoms with Gasteiger partial charge in [-0.2, -0.15) is 0 Å². The van der Waals surface area contributed by atoms with Gasteiger partial charge in [-0.25, -0.2) is 8.78 Å². The lowest BCUT2D eigenvalue weighted by Gasteiger charge is -2.22. The van der Waals surface area contributed by atoms with Gasteiger partial charge in [0.25, 0.3) is 0 Å². The Labute approximate surface area is 98.6 Å². The van der Waals surface area contributed by atoms with E-state index in [9.17, 15) is 8.78 Å². The molecule has 92 valence electrons. The molecule has 1 aromatic heterocycles. The van der Waals surface area contributed by atoms with Crippen LogP contribution in [0, 0.1) is 0 Å². The van der Waals surface area contributed by atoms with Gasteiger partial charge in [0, 0.05) is 11.9 Å². The number of fused-ring (bicyclic) bond motifs is 1. The van der Waals surface area contributed by atoms with Gasteiger partial charge in [0.2, 0.25) is 0 Å². The smallest absolute Gasteiger partial charge is 0.176 e. The van der Waals surface area contributed by atoms with Crippen LogP contribution < -0.4 is 5.32 Å². The first-order chi connectivity index (χ1) is 8.19. The van der Waals surface area contributed by atoms with Gasteiger partial charge >= 0.3 is 0 Å². The van der Waals surface area contributed by atoms with Gasteiger partial charge in [-0.15, -0.1) is 0 Å². The molecule has 1 atom stereocenters. The van der Waals surface area contributed by atoms with E-state index >= 15 is 0 Å². The predicted molar refractivity (Wildman–Crippen MR) is 63.5 cm³/mol. The second-order valence-corrected chi connectivity index (χ2v) is 4.05. The molecule has 0 amide bonds. The van der Waals surface area contributed by atoms with E-state index in [0.29, 0.717) is 17.7 Å². The Kier molecular flexibility index (Phi) is 3.43. The third kappa shape index (κ3) is 2.31. The zero-order valence-electron chi connectivity index (χ0n) is 9.67. The fourth-order valence-electron chi connectivity index (χ4n) is 1.79. The highest BCUT2D eigenvalue weighted by Crippen LogP contribution is 2.29. The summed E-state index contributed by atoms with van der Waals surface area (Å²) < 4.78 is 32.5. The Morgan fingerprint density at radius 1 is 1.35 bits per heavy atom. The van der Waals surface area contributed by atoms with Gasteiger partial charge in [-0.3, -0.25) is 0 Å². The number of hydrogen-bond donors (Lipinski definition) is 1. The van der Waals surface area contributed by atoms with E-state index in [2.05, 4.69) is 5.32 Å². The number of benzene rings is 1. The summed E-state index contributed by atoms with van der Waals surface area (Å²) in [6.45, 7) is 1.41. The van der Waals surface area contributed by atoms with Crippen molar-refractivity contribution in [1.82, 2.24) is 5.32 Å². The monoisotopic (exact) mass is 239 g/mol. The maximum Gasteiger partial charge on any atom is 0.176 e. The molecule has 0 aliphatic heterocycles. The number of furan rings is 1. The van der Waals surface area contributed by atoms with Crippen molar-refractivity contribution < 1.29 is 13.2 Å². The SMILES string of the molecule is CCNCC(F)(CF)c1ccc2occc2c1. The van der Waals surface area contributed by atoms with Crippen molar-refractivity contribution in [3.8, 4) is 0 Å². The maximum atomic E-state index is 14.4. The first kappa shape index (κ1) is 12.0. The van der Waals surface area contributed by atoms with Crippen molar-refractivity contribution in [2.45, 2.75) is 12.6 Å². The quantitative estimate of drug-likeness (QED) is 0.866. The van der Waals surface area contributed by atoms with Crippen molar-refractivity contribution >= 4 is 11.0 Å². The van der Waals surface area contributed by atoms with Crippen LogP contribution in [0.2, 0.25) is 0 Å². The molecule has 0 aliphatic carbocycles. The van der Waals surface area contributed by atoms with Gasteiger partial charge in [0.1, 0.15) is 12.3 Å². The normalized spacial score (nSPS) is 15.0. The van der Waals surface area contributed by atoms with Crippen molar-refractivity contribution in [1.29, 1.82) is 0 Å². The van der Waals surface area contributed by atoms with Gasteiger partial charge in [-0.05, 0) is 30.3 Å². The molecule has 0 saturated heterocycles. The Morgan fingerprint density at radius 3 is 2.88 bits per heavy atom. The highest BCUT2D eigenvalue weighted by molar-refractivity contribution is 5.78. The van der Waals surface area contributed by atoms with Crippen LogP contribution in [0.15, 0.2) is 34.9 Å². The molecule has 0 saturated carbocycles. The molecule has 17 heavy (non-hydrogen) atoms. The van der Waals surface area contributed by atoms with Crippen LogP contribution in [0.25, 0.3) is 11.0 Å². The molecule has 0 bridgehead atoms. The van der Waals surface area contributed by atoms with Crippen LogP contribution in [0.5, 0.6) is 0 Å². The van der Waals surface area contributed by atoms with Crippen LogP contribution in [-0.2, 0) is 5.67 Å². The molecule has 0 spiro atoms. The van der Waals surface area contributed by atoms with Gasteiger partial charge in [0.05, 0.1) is 6.26 Å². The lowest BCUT2D eigenvalue weighted by Crippen LogP contribution is -2.36. The number of alkyl halides is 2. The first-order valence-electron chi connectivity index (χ1n) is 5.63. The van der Waals surface area contributed by atoms with Crippen LogP contribution >= 0.6 is 0 Å². The van der Waals surface area contributed by atoms with E-state index < -0.39 is 12.3 Å². The summed E-state index contributed by atoms with van der Waals surface area (Å²) >= 11 is 0. The number of hydrogen-bond acceptors (Lipinski definition) is 2. The van der Waals surface area contributed by atoms with E-state index in [1.807, 2.05) is 6.92 Å². The Balaban J connectivity index is 2.34. The van der Waals surface area contributed by atoms with E-state index in [1.165, 1.54) is 6.26 Å². The minimum absolute atomic E-state index is 0.0244. The lowest BCUT2D eigenvalue weighted by molar-refractivity contribution is 0.118. The number of nitrogens with one attached hydrogen (secondary N) is 1. The topological polar surface area (TPSA) is 25.2 Å². The lowest BCUT2D eigenvalue weighted by atomic mass is 9.96. The van der Waals surface area contributed by atoms with Crippen molar-refractivity contribution in [2.24, 2.45) is 0 Å². The van der Waals surface area contributed by atoms with Gasteiger partial charge in [0.15, 0.2) is 5.67 Å². The summed E-state index contributed by atoms with van der Waals surface area (Å²) in [5.41, 5.74) is -0.949. The predicted octanol–water partition coefficient (Wildman–Crippen LogP) is 3.18. The fourth-order valence-corrected chi connectivity index (χ4v) is 1.79. The molecule has 0 aliphatic rings. The number of likely N-dealkylation sites (N-methyl/N-ethyl adjacent to an activating group) is 1. The van der Waals surface area contributed by atoms with Gasteiger partial charge in [-0.1, -0.05) is 13.0 Å². The summed E-state index contributed by atoms with van der Waals surface area (Å²) in [6, 6.07) is 6.61. The molecule has 1 heterocycles. The standard InChI is InChI=1S/C13H15F2NO/c1-2-16-9-13(15,8-14)11-3-4-12-10(7-11)5-6-17-12/h3-7,16H,2,8-9H2,1H3. The molecule has 1 unspecified atom stereocenters. The zero-order valence-corrected chi connectivity index (χ0v) is 9.67. The summed E-state index contributed by atoms with van der Waals surface area (Å²) in [7, 11) is 0. The summed E-state index contributed by atoms with van der Waals surface area (Å²) in [4.78, 5) is 0. The Morgan fingerprint density at radius 2 is 2.18 bits per heavy atom. The Bertz CT molecular complexity index is 497. The number of rotatable bonds is 5. The third-order valence-corrected chi connectivity index (χ3v) is 2.84. The van der Waals surface area contributed by atoms with E-state index in [0.717, 1.165) is 5.39 Å². The molecule has 2 nitrogen and oxygen atoms in total. The van der Waals surface area contributed by atoms with Crippen LogP contribution in [0.3, 0.4) is 0 Å². The van der Waals surface area contributed by atoms with Crippen LogP contribution in [0.4, 0.5) is 8.78 Å². The third-order valence-electron chi connectivity index (χ3n) is 2.84. The van der Waals surface area contributed by atoms with Gasteiger partial charge < -0.3 is 9.73 Å². The second kappa shape index (κ2) is 4.84. The summed E-state index contributed by atoms with van der Waals surface area (Å²) in [5.74, 6) is 0. The highest BCUT2D eigenvalue weighted by atomic mass is 19.2. The fraction of sp³-hybridized carbons (Fsp3) is 0.385. The molecular weight excluding hydrogens is 224 g/mol. The molecule has 1 aromatic carbocycles. The van der Waals surface area contributed by atoms with Crippen molar-refractivity contribution in [3.05, 3.63) is 36.1 Å². The average Bonchev–Trinajstić information content (AvgIpc) is 2.83. The average molecular weight is 239 g/mol. The largest absolute Gasteiger partial charge is 0.464 e. The number of halogens is 2. The second-order valence-electron chi connectivity index (χ2n) is 4.05. The minimum atomic E-state index is -1.97. The molecule has 1 N–H and O–H groups in total. The van der Waals surface area contributed by atoms with Crippen LogP contribution in [-0.4, -0.2) is 19.8 Å². The minimum Gasteiger partial charge on any atom is -0.464 e. The first-order valence-corrected chi connectivity index (χ1v) is 5.63. The molecule has 4 heteroatoms. The van der Waals surface area contributed by atoms with E-state index in [-0.39, 0.29) is 6.54 Å². The summed E-state index contributed by atoms with van der Waals surface area (Å²) in [6.07, 6.45) is 1.54. The van der Waals surface area contributed by atoms with Crippen LogP contribution in [0.1, 0.15) is 12.5 Å². The zero-order chi connectivity index (χ0) is 12.3. The molecule has 2 rings (SSSR count).